The summed E-state index contributed by atoms with van der Waals surface area (Å²) < 4.78 is 24.5. The predicted octanol–water partition coefficient (Wildman–Crippen LogP) is 5.06. The van der Waals surface area contributed by atoms with E-state index in [-0.39, 0.29) is 41.2 Å². The molecular formula is C22H40O5Si. The molecule has 6 heteroatoms. The summed E-state index contributed by atoms with van der Waals surface area (Å²) in [7, 11) is -0.574. The number of ether oxygens (including phenoxy) is 3. The average Bonchev–Trinajstić information content (AvgIpc) is 3.00. The van der Waals surface area contributed by atoms with Gasteiger partial charge in [-0.15, -0.1) is 0 Å². The van der Waals surface area contributed by atoms with E-state index < -0.39 is 14.1 Å². The van der Waals surface area contributed by atoms with E-state index in [4.69, 9.17) is 18.6 Å². The van der Waals surface area contributed by atoms with Gasteiger partial charge in [0.2, 0.25) is 0 Å². The molecule has 162 valence electrons. The van der Waals surface area contributed by atoms with Crippen LogP contribution in [-0.4, -0.2) is 45.5 Å². The van der Waals surface area contributed by atoms with Gasteiger partial charge in [-0.2, -0.15) is 0 Å². The smallest absolute Gasteiger partial charge is 0.305 e. The molecule has 1 saturated carbocycles. The molecule has 0 bridgehead atoms. The van der Waals surface area contributed by atoms with Crippen LogP contribution in [-0.2, 0) is 23.4 Å². The van der Waals surface area contributed by atoms with Crippen LogP contribution in [0.3, 0.4) is 0 Å². The maximum Gasteiger partial charge on any atom is 0.305 e. The van der Waals surface area contributed by atoms with Crippen LogP contribution in [0.15, 0.2) is 12.2 Å². The molecule has 0 N–H and O–H groups in total. The van der Waals surface area contributed by atoms with E-state index in [1.165, 1.54) is 7.11 Å². The summed E-state index contributed by atoms with van der Waals surface area (Å²) in [4.78, 5) is 12.2. The minimum absolute atomic E-state index is 0.0236. The molecule has 2 fully saturated rings. The number of carbonyl (C=O) groups excluding carboxylic acids is 1. The summed E-state index contributed by atoms with van der Waals surface area (Å²) in [5.41, 5.74) is 0. The van der Waals surface area contributed by atoms with E-state index in [2.05, 4.69) is 52.9 Å². The number of methoxy groups -OCH3 is 1. The molecule has 28 heavy (non-hydrogen) atoms. The minimum atomic E-state index is -2.02. The number of rotatable bonds is 7. The van der Waals surface area contributed by atoms with E-state index in [9.17, 15) is 4.79 Å². The molecule has 5 atom stereocenters. The van der Waals surface area contributed by atoms with Crippen LogP contribution < -0.4 is 0 Å². The monoisotopic (exact) mass is 412 g/mol. The number of allylic oxidation sites excluding steroid dienone is 2. The van der Waals surface area contributed by atoms with Crippen molar-refractivity contribution in [3.05, 3.63) is 12.2 Å². The Bertz CT molecular complexity index is 578. The fourth-order valence-electron chi connectivity index (χ4n) is 4.08. The quantitative estimate of drug-likeness (QED) is 0.332. The molecule has 2 aliphatic rings. The van der Waals surface area contributed by atoms with Gasteiger partial charge >= 0.3 is 5.97 Å². The van der Waals surface area contributed by atoms with Gasteiger partial charge in [0.25, 0.3) is 0 Å². The lowest BCUT2D eigenvalue weighted by atomic mass is 9.87. The predicted molar refractivity (Wildman–Crippen MR) is 114 cm³/mol. The first-order valence-electron chi connectivity index (χ1n) is 10.6. The van der Waals surface area contributed by atoms with Gasteiger partial charge in [-0.3, -0.25) is 4.79 Å². The normalized spacial score (nSPS) is 32.7. The van der Waals surface area contributed by atoms with Crippen molar-refractivity contribution in [1.82, 2.24) is 0 Å². The summed E-state index contributed by atoms with van der Waals surface area (Å²) in [5, 5.41) is 0.0989. The van der Waals surface area contributed by atoms with Crippen molar-refractivity contribution in [1.29, 1.82) is 0 Å². The van der Waals surface area contributed by atoms with E-state index in [1.54, 1.807) is 0 Å². The van der Waals surface area contributed by atoms with Crippen LogP contribution >= 0.6 is 0 Å². The van der Waals surface area contributed by atoms with Crippen LogP contribution in [0.4, 0.5) is 0 Å². The van der Waals surface area contributed by atoms with Gasteiger partial charge in [0.15, 0.2) is 14.1 Å². The summed E-state index contributed by atoms with van der Waals surface area (Å²) in [5.74, 6) is -0.671. The fourth-order valence-corrected chi connectivity index (χ4v) is 5.42. The fraction of sp³-hybridized carbons (Fsp3) is 0.864. The van der Waals surface area contributed by atoms with Gasteiger partial charge in [0.1, 0.15) is 6.10 Å². The van der Waals surface area contributed by atoms with Gasteiger partial charge in [0, 0.05) is 5.92 Å². The van der Waals surface area contributed by atoms with Crippen molar-refractivity contribution in [2.45, 2.75) is 103 Å². The van der Waals surface area contributed by atoms with Gasteiger partial charge in [-0.05, 0) is 50.7 Å². The zero-order chi connectivity index (χ0) is 21.3. The molecule has 1 aliphatic heterocycles. The number of carbonyl (C=O) groups is 1. The average molecular weight is 413 g/mol. The topological polar surface area (TPSA) is 54.0 Å². The molecule has 0 amide bonds. The number of esters is 1. The number of fused-ring (bicyclic) bond motifs is 1. The van der Waals surface area contributed by atoms with Crippen molar-refractivity contribution in [2.75, 3.05) is 7.11 Å². The van der Waals surface area contributed by atoms with Gasteiger partial charge in [-0.1, -0.05) is 39.8 Å². The van der Waals surface area contributed by atoms with Gasteiger partial charge in [0.05, 0.1) is 25.7 Å². The third kappa shape index (κ3) is 5.07. The van der Waals surface area contributed by atoms with Crippen molar-refractivity contribution in [2.24, 2.45) is 11.8 Å². The lowest BCUT2D eigenvalue weighted by Gasteiger charge is -2.41. The van der Waals surface area contributed by atoms with E-state index in [0.717, 1.165) is 12.8 Å². The summed E-state index contributed by atoms with van der Waals surface area (Å²) >= 11 is 0. The Morgan fingerprint density at radius 3 is 2.25 bits per heavy atom. The van der Waals surface area contributed by atoms with Crippen LogP contribution in [0.1, 0.15) is 60.8 Å². The highest BCUT2D eigenvalue weighted by Crippen LogP contribution is 2.51. The highest BCUT2D eigenvalue weighted by molar-refractivity contribution is 6.74. The largest absolute Gasteiger partial charge is 0.469 e. The number of hydrogen-bond acceptors (Lipinski definition) is 5. The molecule has 0 unspecified atom stereocenters. The first kappa shape index (κ1) is 23.6. The zero-order valence-electron chi connectivity index (χ0n) is 19.2. The van der Waals surface area contributed by atoms with Crippen molar-refractivity contribution in [3.8, 4) is 0 Å². The van der Waals surface area contributed by atoms with Crippen LogP contribution in [0.25, 0.3) is 0 Å². The van der Waals surface area contributed by atoms with Crippen molar-refractivity contribution >= 4 is 14.3 Å². The maximum absolute atomic E-state index is 12.2. The van der Waals surface area contributed by atoms with Gasteiger partial charge < -0.3 is 18.6 Å². The van der Waals surface area contributed by atoms with Crippen molar-refractivity contribution in [3.63, 3.8) is 0 Å². The number of hydrogen-bond donors (Lipinski definition) is 0. The Labute approximate surface area is 172 Å². The Morgan fingerprint density at radius 1 is 1.11 bits per heavy atom. The highest BCUT2D eigenvalue weighted by Gasteiger charge is 2.60. The molecule has 0 aromatic carbocycles. The zero-order valence-corrected chi connectivity index (χ0v) is 20.2. The second-order valence-corrected chi connectivity index (χ2v) is 14.9. The van der Waals surface area contributed by atoms with Crippen LogP contribution in [0.5, 0.6) is 0 Å². The minimum Gasteiger partial charge on any atom is -0.469 e. The molecule has 0 radical (unpaired) electrons. The molecule has 1 aliphatic carbocycles. The second kappa shape index (κ2) is 8.58. The maximum atomic E-state index is 12.2. The van der Waals surface area contributed by atoms with Gasteiger partial charge in [-0.25, -0.2) is 0 Å². The highest BCUT2D eigenvalue weighted by atomic mass is 28.4. The summed E-state index contributed by atoms with van der Waals surface area (Å²) in [6.45, 7) is 17.3. The molecule has 0 aromatic heterocycles. The van der Waals surface area contributed by atoms with Crippen molar-refractivity contribution < 1.29 is 23.4 Å². The third-order valence-electron chi connectivity index (χ3n) is 6.56. The lowest BCUT2D eigenvalue weighted by molar-refractivity contribution is -0.174. The second-order valence-electron chi connectivity index (χ2n) is 10.1. The first-order chi connectivity index (χ1) is 12.8. The van der Waals surface area contributed by atoms with E-state index >= 15 is 0 Å². The third-order valence-corrected chi connectivity index (χ3v) is 11.0. The molecule has 0 spiro atoms. The van der Waals surface area contributed by atoms with Crippen LogP contribution in [0.2, 0.25) is 18.1 Å². The molecule has 0 aromatic rings. The van der Waals surface area contributed by atoms with E-state index in [1.807, 2.05) is 13.8 Å². The SMILES string of the molecule is CC/C=C\C[C@H]1[C@@H](CC(=O)OC)[C@@H]2OC(C)(C)O[C@@H]2[C@@H]1O[Si](C)(C)C(C)(C)C. The Hall–Kier alpha value is -0.693. The Morgan fingerprint density at radius 2 is 1.71 bits per heavy atom. The first-order valence-corrected chi connectivity index (χ1v) is 13.5. The standard InChI is InChI=1S/C22H40O5Si/c1-10-11-12-13-15-16(14-17(23)24-7)18-20(26-22(5,6)25-18)19(15)27-28(8,9)21(2,3)4/h11-12,15-16,18-20H,10,13-14H2,1-9H3/b12-11-/t15-,16+,18-,19+,20-/m0/s1. The lowest BCUT2D eigenvalue weighted by Crippen LogP contribution is -2.48. The molecule has 5 nitrogen and oxygen atoms in total. The molecular weight excluding hydrogens is 372 g/mol. The Kier molecular flexibility index (Phi) is 7.23. The molecule has 1 saturated heterocycles. The molecule has 1 heterocycles. The Balaban J connectivity index is 2.38. The van der Waals surface area contributed by atoms with Crippen LogP contribution in [0, 0.1) is 11.8 Å². The van der Waals surface area contributed by atoms with E-state index in [0.29, 0.717) is 6.42 Å². The molecule has 2 rings (SSSR count). The summed E-state index contributed by atoms with van der Waals surface area (Å²) in [6.07, 6.45) is 6.19. The summed E-state index contributed by atoms with van der Waals surface area (Å²) in [6, 6.07) is 0.